The predicted molar refractivity (Wildman–Crippen MR) is 146 cm³/mol. The molecule has 192 valence electrons. The molecule has 3 N–H and O–H groups in total. The number of aryl methyl sites for hydroxylation is 1. The van der Waals surface area contributed by atoms with Crippen molar-refractivity contribution in [2.24, 2.45) is 7.05 Å². The van der Waals surface area contributed by atoms with E-state index < -0.39 is 0 Å². The first-order valence-electron chi connectivity index (χ1n) is 12.3. The van der Waals surface area contributed by atoms with Crippen LogP contribution in [0, 0.1) is 12.7 Å². The molecule has 0 atom stereocenters. The molecule has 0 fully saturated rings. The lowest BCUT2D eigenvalue weighted by Gasteiger charge is -2.12. The van der Waals surface area contributed by atoms with Crippen LogP contribution in [-0.4, -0.2) is 71.8 Å². The number of benzene rings is 1. The molecule has 10 nitrogen and oxygen atoms in total. The number of hydrogen-bond acceptors (Lipinski definition) is 7. The second-order valence-corrected chi connectivity index (χ2v) is 9.51. The standard InChI is InChI=1S/C27H27FN10/c1-15-31-14-22(38(15)4)19-5-6-21-25(32-19)26(36-35-21)27-33-20-7-8-30-23(24(20)34-27)16-11-17(28)13-18(12-16)29-9-10-37(2)3/h5-8,11-14,29H,9-10H2,1-4H3,(H,33,34)(H,35,36). The molecule has 0 aliphatic heterocycles. The van der Waals surface area contributed by atoms with Gasteiger partial charge < -0.3 is 19.8 Å². The number of pyridine rings is 2. The van der Waals surface area contributed by atoms with Gasteiger partial charge in [-0.25, -0.2) is 19.3 Å². The number of likely N-dealkylation sites (N-methyl/N-ethyl adjacent to an activating group) is 1. The third-order valence-electron chi connectivity index (χ3n) is 6.58. The van der Waals surface area contributed by atoms with Crippen LogP contribution < -0.4 is 5.32 Å². The second-order valence-electron chi connectivity index (χ2n) is 9.51. The summed E-state index contributed by atoms with van der Waals surface area (Å²) >= 11 is 0. The van der Waals surface area contributed by atoms with Crippen LogP contribution in [-0.2, 0) is 7.05 Å². The molecular weight excluding hydrogens is 483 g/mol. The normalized spacial score (nSPS) is 11.7. The van der Waals surface area contributed by atoms with E-state index in [2.05, 4.69) is 35.4 Å². The van der Waals surface area contributed by atoms with E-state index in [-0.39, 0.29) is 5.82 Å². The molecule has 0 spiro atoms. The van der Waals surface area contributed by atoms with Crippen LogP contribution in [0.3, 0.4) is 0 Å². The first-order valence-corrected chi connectivity index (χ1v) is 12.3. The maximum Gasteiger partial charge on any atom is 0.161 e. The van der Waals surface area contributed by atoms with Gasteiger partial charge in [-0.3, -0.25) is 10.1 Å². The Bertz CT molecular complexity index is 1780. The van der Waals surface area contributed by atoms with Crippen molar-refractivity contribution >= 4 is 27.8 Å². The Morgan fingerprint density at radius 1 is 1.00 bits per heavy atom. The molecule has 0 saturated heterocycles. The summed E-state index contributed by atoms with van der Waals surface area (Å²) in [5, 5.41) is 10.8. The molecule has 0 unspecified atom stereocenters. The number of aromatic nitrogens is 8. The fourth-order valence-corrected chi connectivity index (χ4v) is 4.46. The summed E-state index contributed by atoms with van der Waals surface area (Å²) in [6, 6.07) is 10.6. The van der Waals surface area contributed by atoms with Crippen molar-refractivity contribution in [1.29, 1.82) is 0 Å². The molecule has 5 aromatic heterocycles. The molecule has 6 rings (SSSR count). The van der Waals surface area contributed by atoms with Gasteiger partial charge in [0, 0.05) is 37.6 Å². The fourth-order valence-electron chi connectivity index (χ4n) is 4.46. The van der Waals surface area contributed by atoms with Crippen LogP contribution in [0.2, 0.25) is 0 Å². The molecule has 0 radical (unpaired) electrons. The number of rotatable bonds is 7. The SMILES string of the molecule is Cc1ncc(-c2ccc3[nH]nc(-c4nc5c(-c6cc(F)cc(NCCN(C)C)c6)nccc5[nH]4)c3n2)n1C. The second kappa shape index (κ2) is 9.34. The Balaban J connectivity index is 1.41. The zero-order valence-corrected chi connectivity index (χ0v) is 21.5. The fraction of sp³-hybridized carbons (Fsp3) is 0.222. The molecule has 1 aromatic carbocycles. The predicted octanol–water partition coefficient (Wildman–Crippen LogP) is 4.38. The molecule has 6 aromatic rings. The monoisotopic (exact) mass is 510 g/mol. The quantitative estimate of drug-likeness (QED) is 0.292. The summed E-state index contributed by atoms with van der Waals surface area (Å²) in [6.45, 7) is 3.47. The van der Waals surface area contributed by atoms with Gasteiger partial charge in [0.15, 0.2) is 11.5 Å². The molecular formula is C27H27FN10. The van der Waals surface area contributed by atoms with Crippen LogP contribution in [0.5, 0.6) is 0 Å². The van der Waals surface area contributed by atoms with Crippen molar-refractivity contribution < 1.29 is 4.39 Å². The van der Waals surface area contributed by atoms with E-state index in [0.717, 1.165) is 34.8 Å². The molecule has 38 heavy (non-hydrogen) atoms. The zero-order valence-electron chi connectivity index (χ0n) is 21.5. The Morgan fingerprint density at radius 2 is 1.84 bits per heavy atom. The molecule has 5 heterocycles. The summed E-state index contributed by atoms with van der Waals surface area (Å²) in [7, 11) is 5.96. The lowest BCUT2D eigenvalue weighted by Crippen LogP contribution is -2.20. The average molecular weight is 511 g/mol. The van der Waals surface area contributed by atoms with E-state index in [0.29, 0.717) is 46.0 Å². The lowest BCUT2D eigenvalue weighted by molar-refractivity contribution is 0.425. The molecule has 0 aliphatic rings. The minimum Gasteiger partial charge on any atom is -0.384 e. The van der Waals surface area contributed by atoms with Crippen molar-refractivity contribution in [2.45, 2.75) is 6.92 Å². The van der Waals surface area contributed by atoms with E-state index in [4.69, 9.17) is 9.97 Å². The third-order valence-corrected chi connectivity index (χ3v) is 6.58. The smallest absolute Gasteiger partial charge is 0.161 e. The van der Waals surface area contributed by atoms with Crippen LogP contribution in [0.4, 0.5) is 10.1 Å². The van der Waals surface area contributed by atoms with Crippen LogP contribution in [0.15, 0.2) is 48.8 Å². The number of nitrogens with zero attached hydrogens (tertiary/aromatic N) is 7. The van der Waals surface area contributed by atoms with E-state index in [1.54, 1.807) is 6.20 Å². The molecule has 0 bridgehead atoms. The number of aromatic amines is 2. The summed E-state index contributed by atoms with van der Waals surface area (Å²) in [6.07, 6.45) is 3.50. The highest BCUT2D eigenvalue weighted by atomic mass is 19.1. The van der Waals surface area contributed by atoms with Gasteiger partial charge in [0.25, 0.3) is 0 Å². The van der Waals surface area contributed by atoms with E-state index in [1.807, 2.05) is 63.1 Å². The lowest BCUT2D eigenvalue weighted by atomic mass is 10.1. The van der Waals surface area contributed by atoms with Gasteiger partial charge in [-0.15, -0.1) is 0 Å². The summed E-state index contributed by atoms with van der Waals surface area (Å²) in [5.74, 6) is 1.11. The van der Waals surface area contributed by atoms with Crippen molar-refractivity contribution in [3.05, 3.63) is 60.4 Å². The topological polar surface area (TPSA) is 116 Å². The van der Waals surface area contributed by atoms with Gasteiger partial charge in [0.05, 0.1) is 34.3 Å². The molecule has 0 amide bonds. The largest absolute Gasteiger partial charge is 0.384 e. The minimum atomic E-state index is -0.343. The third kappa shape index (κ3) is 4.26. The number of halogens is 1. The van der Waals surface area contributed by atoms with Crippen LogP contribution in [0.25, 0.3) is 56.2 Å². The summed E-state index contributed by atoms with van der Waals surface area (Å²) < 4.78 is 16.6. The minimum absolute atomic E-state index is 0.343. The number of hydrogen-bond donors (Lipinski definition) is 3. The Labute approximate surface area is 218 Å². The van der Waals surface area contributed by atoms with Gasteiger partial charge in [-0.05, 0) is 57.4 Å². The number of anilines is 1. The van der Waals surface area contributed by atoms with Crippen LogP contribution >= 0.6 is 0 Å². The Morgan fingerprint density at radius 3 is 2.63 bits per heavy atom. The Hall–Kier alpha value is -4.64. The zero-order chi connectivity index (χ0) is 26.4. The average Bonchev–Trinajstić information content (AvgIpc) is 3.59. The van der Waals surface area contributed by atoms with Crippen molar-refractivity contribution in [2.75, 3.05) is 32.5 Å². The van der Waals surface area contributed by atoms with Gasteiger partial charge in [0.1, 0.15) is 22.7 Å². The number of nitrogens with one attached hydrogen (secondary N) is 3. The highest BCUT2D eigenvalue weighted by molar-refractivity contribution is 5.95. The summed E-state index contributed by atoms with van der Waals surface area (Å²) in [5.41, 5.74) is 7.08. The maximum atomic E-state index is 14.6. The molecule has 0 saturated carbocycles. The van der Waals surface area contributed by atoms with E-state index in [9.17, 15) is 4.39 Å². The highest BCUT2D eigenvalue weighted by Gasteiger charge is 2.18. The first kappa shape index (κ1) is 23.7. The van der Waals surface area contributed by atoms with Gasteiger partial charge >= 0.3 is 0 Å². The Kier molecular flexibility index (Phi) is 5.84. The molecule has 0 aliphatic carbocycles. The van der Waals surface area contributed by atoms with Gasteiger partial charge in [0.2, 0.25) is 0 Å². The first-order chi connectivity index (χ1) is 18.4. The van der Waals surface area contributed by atoms with Gasteiger partial charge in [-0.2, -0.15) is 5.10 Å². The van der Waals surface area contributed by atoms with Crippen LogP contribution in [0.1, 0.15) is 5.82 Å². The number of imidazole rings is 2. The number of fused-ring (bicyclic) bond motifs is 2. The van der Waals surface area contributed by atoms with Crippen molar-refractivity contribution in [3.63, 3.8) is 0 Å². The van der Waals surface area contributed by atoms with Crippen molar-refractivity contribution in [1.82, 2.24) is 44.6 Å². The van der Waals surface area contributed by atoms with Gasteiger partial charge in [-0.1, -0.05) is 0 Å². The van der Waals surface area contributed by atoms with Crippen molar-refractivity contribution in [3.8, 4) is 34.2 Å². The summed E-state index contributed by atoms with van der Waals surface area (Å²) in [4.78, 5) is 24.1. The number of H-pyrrole nitrogens is 2. The molecule has 11 heteroatoms. The highest BCUT2D eigenvalue weighted by Crippen LogP contribution is 2.32. The van der Waals surface area contributed by atoms with E-state index >= 15 is 0 Å². The van der Waals surface area contributed by atoms with E-state index in [1.165, 1.54) is 12.1 Å². The maximum absolute atomic E-state index is 14.6.